The van der Waals surface area contributed by atoms with Gasteiger partial charge in [-0.2, -0.15) is 0 Å². The molecule has 0 radical (unpaired) electrons. The highest BCUT2D eigenvalue weighted by atomic mass is 31.0. The van der Waals surface area contributed by atoms with Crippen molar-refractivity contribution in [3.8, 4) is 0 Å². The normalized spacial score (nSPS) is 10.5. The molecule has 0 amide bonds. The molecule has 1 unspecified atom stereocenters. The van der Waals surface area contributed by atoms with Gasteiger partial charge in [0.25, 0.3) is 0 Å². The van der Waals surface area contributed by atoms with Gasteiger partial charge in [0.1, 0.15) is 12.3 Å². The van der Waals surface area contributed by atoms with Crippen LogP contribution >= 0.6 is 9.39 Å². The minimum atomic E-state index is -0.850. The van der Waals surface area contributed by atoms with Gasteiger partial charge in [0.05, 0.1) is 12.8 Å². The van der Waals surface area contributed by atoms with E-state index < -0.39 is 5.97 Å². The van der Waals surface area contributed by atoms with E-state index in [-0.39, 0.29) is 6.54 Å². The van der Waals surface area contributed by atoms with Gasteiger partial charge in [-0.25, -0.2) is 0 Å². The van der Waals surface area contributed by atoms with Crippen molar-refractivity contribution in [2.24, 2.45) is 0 Å². The van der Waals surface area contributed by atoms with Crippen LogP contribution in [0.2, 0.25) is 0 Å². The van der Waals surface area contributed by atoms with Gasteiger partial charge in [0.15, 0.2) is 0 Å². The van der Waals surface area contributed by atoms with Crippen molar-refractivity contribution in [2.45, 2.75) is 6.54 Å². The summed E-state index contributed by atoms with van der Waals surface area (Å²) in [6.07, 6.45) is 1.56. The van der Waals surface area contributed by atoms with Crippen LogP contribution in [0.3, 0.4) is 0 Å². The molecule has 1 rings (SSSR count). The Kier molecular flexibility index (Phi) is 3.26. The van der Waals surface area contributed by atoms with Gasteiger partial charge in [0.2, 0.25) is 0 Å². The summed E-state index contributed by atoms with van der Waals surface area (Å²) in [5.41, 5.74) is 0. The van der Waals surface area contributed by atoms with Crippen molar-refractivity contribution >= 4 is 15.4 Å². The topological polar surface area (TPSA) is 53.7 Å². The molecule has 0 aliphatic rings. The predicted molar refractivity (Wildman–Crippen MR) is 46.5 cm³/mol. The van der Waals surface area contributed by atoms with E-state index in [2.05, 4.69) is 9.39 Å². The highest BCUT2D eigenvalue weighted by Gasteiger charge is 2.05. The lowest BCUT2D eigenvalue weighted by atomic mass is 10.4. The van der Waals surface area contributed by atoms with E-state index >= 15 is 0 Å². The summed E-state index contributed by atoms with van der Waals surface area (Å²) in [6.45, 7) is 0.481. The van der Waals surface area contributed by atoms with Crippen LogP contribution in [0.1, 0.15) is 5.76 Å². The van der Waals surface area contributed by atoms with E-state index in [1.165, 1.54) is 0 Å². The third-order valence-electron chi connectivity index (χ3n) is 1.28. The first-order chi connectivity index (χ1) is 5.68. The molecule has 0 aliphatic carbocycles. The zero-order valence-electron chi connectivity index (χ0n) is 6.43. The Hall–Kier alpha value is -0.860. The molecule has 0 aliphatic heterocycles. The van der Waals surface area contributed by atoms with E-state index in [9.17, 15) is 4.79 Å². The molecule has 0 saturated carbocycles. The lowest BCUT2D eigenvalue weighted by Gasteiger charge is -2.10. The molecule has 1 aromatic rings. The Bertz CT molecular complexity index is 247. The van der Waals surface area contributed by atoms with Gasteiger partial charge >= 0.3 is 5.97 Å². The lowest BCUT2D eigenvalue weighted by Crippen LogP contribution is -2.19. The Labute approximate surface area is 72.4 Å². The number of carboxylic acid groups (broad SMARTS) is 1. The summed E-state index contributed by atoms with van der Waals surface area (Å²) in [5, 5.41) is 8.43. The molecule has 66 valence electrons. The third-order valence-corrected chi connectivity index (χ3v) is 1.64. The lowest BCUT2D eigenvalue weighted by molar-refractivity contribution is -0.137. The smallest absolute Gasteiger partial charge is 0.318 e. The van der Waals surface area contributed by atoms with E-state index in [0.717, 1.165) is 5.76 Å². The summed E-state index contributed by atoms with van der Waals surface area (Å²) in [4.78, 5) is 10.3. The number of rotatable bonds is 4. The summed E-state index contributed by atoms with van der Waals surface area (Å²) in [5.74, 6) is -0.0946. The fourth-order valence-electron chi connectivity index (χ4n) is 0.832. The summed E-state index contributed by atoms with van der Waals surface area (Å²) in [7, 11) is 2.34. The average Bonchev–Trinajstić information content (AvgIpc) is 2.37. The van der Waals surface area contributed by atoms with Crippen LogP contribution in [-0.4, -0.2) is 22.3 Å². The standard InChI is InChI=1S/C7H10NO3P/c9-7(10)5-8(12)4-6-2-1-3-11-6/h1-3H,4-5,12H2,(H,9,10). The fourth-order valence-corrected chi connectivity index (χ4v) is 1.17. The van der Waals surface area contributed by atoms with Gasteiger partial charge in [-0.3, -0.25) is 9.46 Å². The van der Waals surface area contributed by atoms with Crippen LogP contribution < -0.4 is 0 Å². The van der Waals surface area contributed by atoms with Gasteiger partial charge in [0, 0.05) is 0 Å². The summed E-state index contributed by atoms with van der Waals surface area (Å²) in [6, 6.07) is 3.58. The molecule has 1 heterocycles. The van der Waals surface area contributed by atoms with Crippen molar-refractivity contribution in [1.29, 1.82) is 0 Å². The second-order valence-electron chi connectivity index (χ2n) is 2.38. The van der Waals surface area contributed by atoms with Crippen molar-refractivity contribution in [3.63, 3.8) is 0 Å². The maximum absolute atomic E-state index is 10.3. The van der Waals surface area contributed by atoms with Crippen LogP contribution in [0.15, 0.2) is 22.8 Å². The number of hydrogen-bond donors (Lipinski definition) is 1. The zero-order valence-corrected chi connectivity index (χ0v) is 7.59. The Morgan fingerprint density at radius 1 is 1.75 bits per heavy atom. The maximum Gasteiger partial charge on any atom is 0.318 e. The van der Waals surface area contributed by atoms with Crippen molar-refractivity contribution in [3.05, 3.63) is 24.2 Å². The van der Waals surface area contributed by atoms with Crippen molar-refractivity contribution < 1.29 is 14.3 Å². The number of carbonyl (C=O) groups is 1. The quantitative estimate of drug-likeness (QED) is 0.713. The van der Waals surface area contributed by atoms with E-state index in [1.807, 2.05) is 0 Å². The predicted octanol–water partition coefficient (Wildman–Crippen LogP) is 0.956. The molecule has 1 N–H and O–H groups in total. The van der Waals surface area contributed by atoms with Crippen LogP contribution in [0, 0.1) is 0 Å². The van der Waals surface area contributed by atoms with Crippen molar-refractivity contribution in [2.75, 3.05) is 6.54 Å². The number of furan rings is 1. The monoisotopic (exact) mass is 187 g/mol. The molecule has 0 bridgehead atoms. The minimum Gasteiger partial charge on any atom is -0.480 e. The van der Waals surface area contributed by atoms with Gasteiger partial charge in [-0.05, 0) is 12.1 Å². The summed E-state index contributed by atoms with van der Waals surface area (Å²) < 4.78 is 6.62. The first-order valence-electron chi connectivity index (χ1n) is 3.42. The largest absolute Gasteiger partial charge is 0.480 e. The highest BCUT2D eigenvalue weighted by molar-refractivity contribution is 7.13. The molecule has 0 spiro atoms. The number of nitrogens with zero attached hydrogens (tertiary/aromatic N) is 1. The second kappa shape index (κ2) is 4.24. The van der Waals surface area contributed by atoms with Crippen LogP contribution in [0.4, 0.5) is 0 Å². The zero-order chi connectivity index (χ0) is 8.97. The van der Waals surface area contributed by atoms with Gasteiger partial charge in [-0.1, -0.05) is 9.39 Å². The number of hydrogen-bond acceptors (Lipinski definition) is 3. The maximum atomic E-state index is 10.3. The molecular weight excluding hydrogens is 177 g/mol. The molecule has 0 fully saturated rings. The Morgan fingerprint density at radius 3 is 3.00 bits per heavy atom. The van der Waals surface area contributed by atoms with Crippen molar-refractivity contribution in [1.82, 2.24) is 4.67 Å². The number of aliphatic carboxylic acids is 1. The van der Waals surface area contributed by atoms with Crippen LogP contribution in [0.25, 0.3) is 0 Å². The third kappa shape index (κ3) is 3.03. The molecule has 1 aromatic heterocycles. The Morgan fingerprint density at radius 2 is 2.50 bits per heavy atom. The second-order valence-corrected chi connectivity index (χ2v) is 3.11. The highest BCUT2D eigenvalue weighted by Crippen LogP contribution is 2.08. The summed E-state index contributed by atoms with van der Waals surface area (Å²) >= 11 is 0. The molecule has 0 saturated heterocycles. The minimum absolute atomic E-state index is 0.00856. The van der Waals surface area contributed by atoms with E-state index in [0.29, 0.717) is 6.54 Å². The fraction of sp³-hybridized carbons (Fsp3) is 0.286. The van der Waals surface area contributed by atoms with Gasteiger partial charge in [-0.15, -0.1) is 0 Å². The first-order valence-corrected chi connectivity index (χ1v) is 3.94. The molecule has 12 heavy (non-hydrogen) atoms. The molecule has 5 heteroatoms. The van der Waals surface area contributed by atoms with Gasteiger partial charge < -0.3 is 9.52 Å². The number of carboxylic acids is 1. The van der Waals surface area contributed by atoms with Crippen LogP contribution in [-0.2, 0) is 11.3 Å². The van der Waals surface area contributed by atoms with Crippen LogP contribution in [0.5, 0.6) is 0 Å². The SMILES string of the molecule is O=C(O)CN(P)Cc1ccco1. The molecule has 4 nitrogen and oxygen atoms in total. The molecule has 0 aromatic carbocycles. The van der Waals surface area contributed by atoms with E-state index in [1.54, 1.807) is 23.1 Å². The Balaban J connectivity index is 2.36. The average molecular weight is 187 g/mol. The molecular formula is C7H10NO3P. The first kappa shape index (κ1) is 9.23. The van der Waals surface area contributed by atoms with E-state index in [4.69, 9.17) is 9.52 Å². The molecule has 1 atom stereocenters.